The third-order valence-electron chi connectivity index (χ3n) is 3.05. The SMILES string of the molecule is Cc1cc(F)ccc1-c1noc(-c2ccc(Br)cc2O)n1. The summed E-state index contributed by atoms with van der Waals surface area (Å²) < 4.78 is 19.1. The molecule has 4 nitrogen and oxygen atoms in total. The van der Waals surface area contributed by atoms with E-state index < -0.39 is 0 Å². The maximum absolute atomic E-state index is 13.1. The fraction of sp³-hybridized carbons (Fsp3) is 0.0667. The van der Waals surface area contributed by atoms with Crippen LogP contribution in [0.5, 0.6) is 5.75 Å². The van der Waals surface area contributed by atoms with Crippen molar-refractivity contribution < 1.29 is 14.0 Å². The van der Waals surface area contributed by atoms with Crippen LogP contribution in [0.1, 0.15) is 5.56 Å². The second-order valence-corrected chi connectivity index (χ2v) is 5.46. The average Bonchev–Trinajstić information content (AvgIpc) is 2.87. The second kappa shape index (κ2) is 5.29. The summed E-state index contributed by atoms with van der Waals surface area (Å²) in [5.41, 5.74) is 1.84. The summed E-state index contributed by atoms with van der Waals surface area (Å²) in [6.07, 6.45) is 0. The van der Waals surface area contributed by atoms with Crippen molar-refractivity contribution in [3.05, 3.63) is 52.3 Å². The molecule has 1 aromatic heterocycles. The van der Waals surface area contributed by atoms with Crippen molar-refractivity contribution in [1.29, 1.82) is 0 Å². The average molecular weight is 349 g/mol. The van der Waals surface area contributed by atoms with Crippen LogP contribution in [-0.4, -0.2) is 15.2 Å². The number of aromatic hydroxyl groups is 1. The van der Waals surface area contributed by atoms with Gasteiger partial charge in [0.1, 0.15) is 11.6 Å². The molecule has 0 atom stereocenters. The van der Waals surface area contributed by atoms with Gasteiger partial charge in [0.25, 0.3) is 5.89 Å². The number of nitrogens with zero attached hydrogens (tertiary/aromatic N) is 2. The Bertz CT molecular complexity index is 751. The Morgan fingerprint density at radius 3 is 2.62 bits per heavy atom. The van der Waals surface area contributed by atoms with Gasteiger partial charge in [-0.2, -0.15) is 4.98 Å². The quantitative estimate of drug-likeness (QED) is 0.749. The zero-order valence-corrected chi connectivity index (χ0v) is 12.6. The standard InChI is InChI=1S/C15H10BrFN2O2/c1-8-6-10(17)3-5-11(8)14-18-15(21-19-14)12-4-2-9(16)7-13(12)20/h2-7,20H,1H3. The van der Waals surface area contributed by atoms with Crippen LogP contribution in [0.2, 0.25) is 0 Å². The minimum atomic E-state index is -0.314. The highest BCUT2D eigenvalue weighted by Gasteiger charge is 2.15. The molecule has 0 saturated carbocycles. The summed E-state index contributed by atoms with van der Waals surface area (Å²) in [4.78, 5) is 4.26. The van der Waals surface area contributed by atoms with Gasteiger partial charge in [-0.05, 0) is 48.9 Å². The first-order valence-electron chi connectivity index (χ1n) is 6.14. The Kier molecular flexibility index (Phi) is 3.47. The predicted molar refractivity (Wildman–Crippen MR) is 79.2 cm³/mol. The molecule has 21 heavy (non-hydrogen) atoms. The van der Waals surface area contributed by atoms with Crippen molar-refractivity contribution in [2.75, 3.05) is 0 Å². The highest BCUT2D eigenvalue weighted by molar-refractivity contribution is 9.10. The molecule has 3 aromatic rings. The molecule has 3 rings (SSSR count). The van der Waals surface area contributed by atoms with E-state index in [4.69, 9.17) is 4.52 Å². The lowest BCUT2D eigenvalue weighted by Crippen LogP contribution is -1.87. The van der Waals surface area contributed by atoms with Gasteiger partial charge in [0.15, 0.2) is 0 Å². The lowest BCUT2D eigenvalue weighted by Gasteiger charge is -2.00. The van der Waals surface area contributed by atoms with Crippen molar-refractivity contribution in [2.24, 2.45) is 0 Å². The number of rotatable bonds is 2. The van der Waals surface area contributed by atoms with E-state index >= 15 is 0 Å². The molecular weight excluding hydrogens is 339 g/mol. The largest absolute Gasteiger partial charge is 0.507 e. The van der Waals surface area contributed by atoms with Gasteiger partial charge >= 0.3 is 0 Å². The van der Waals surface area contributed by atoms with Gasteiger partial charge in [0, 0.05) is 10.0 Å². The fourth-order valence-corrected chi connectivity index (χ4v) is 2.35. The lowest BCUT2D eigenvalue weighted by atomic mass is 10.1. The molecule has 0 bridgehead atoms. The normalized spacial score (nSPS) is 10.8. The number of aryl methyl sites for hydroxylation is 1. The minimum absolute atomic E-state index is 0.0374. The Labute approximate surface area is 128 Å². The smallest absolute Gasteiger partial charge is 0.261 e. The zero-order chi connectivity index (χ0) is 15.0. The number of hydrogen-bond donors (Lipinski definition) is 1. The van der Waals surface area contributed by atoms with E-state index in [0.29, 0.717) is 22.5 Å². The number of phenolic OH excluding ortho intramolecular Hbond substituents is 1. The number of halogens is 2. The molecule has 1 N–H and O–H groups in total. The third-order valence-corrected chi connectivity index (χ3v) is 3.54. The summed E-state index contributed by atoms with van der Waals surface area (Å²) in [7, 11) is 0. The first kappa shape index (κ1) is 13.8. The Morgan fingerprint density at radius 2 is 1.90 bits per heavy atom. The van der Waals surface area contributed by atoms with Crippen LogP contribution in [0.25, 0.3) is 22.8 Å². The monoisotopic (exact) mass is 348 g/mol. The van der Waals surface area contributed by atoms with Crippen LogP contribution < -0.4 is 0 Å². The molecule has 0 amide bonds. The van der Waals surface area contributed by atoms with Gasteiger partial charge < -0.3 is 9.63 Å². The first-order valence-corrected chi connectivity index (χ1v) is 6.93. The Balaban J connectivity index is 2.03. The van der Waals surface area contributed by atoms with Gasteiger partial charge in [-0.25, -0.2) is 4.39 Å². The summed E-state index contributed by atoms with van der Waals surface area (Å²) in [5, 5.41) is 13.8. The molecule has 1 heterocycles. The van der Waals surface area contributed by atoms with E-state index in [2.05, 4.69) is 26.1 Å². The molecule has 106 valence electrons. The Hall–Kier alpha value is -2.21. The molecule has 0 aliphatic carbocycles. The van der Waals surface area contributed by atoms with E-state index in [0.717, 1.165) is 4.47 Å². The van der Waals surface area contributed by atoms with Crippen molar-refractivity contribution in [2.45, 2.75) is 6.92 Å². The van der Waals surface area contributed by atoms with E-state index in [9.17, 15) is 9.50 Å². The minimum Gasteiger partial charge on any atom is -0.507 e. The summed E-state index contributed by atoms with van der Waals surface area (Å²) in [6.45, 7) is 1.77. The van der Waals surface area contributed by atoms with E-state index in [-0.39, 0.29) is 17.5 Å². The first-order chi connectivity index (χ1) is 10.0. The van der Waals surface area contributed by atoms with Gasteiger partial charge in [-0.3, -0.25) is 0 Å². The van der Waals surface area contributed by atoms with Gasteiger partial charge in [0.2, 0.25) is 5.82 Å². The molecule has 0 aliphatic rings. The molecule has 6 heteroatoms. The molecule has 0 aliphatic heterocycles. The maximum Gasteiger partial charge on any atom is 0.261 e. The van der Waals surface area contributed by atoms with Crippen molar-refractivity contribution in [3.63, 3.8) is 0 Å². The topological polar surface area (TPSA) is 59.2 Å². The van der Waals surface area contributed by atoms with E-state index in [1.54, 1.807) is 31.2 Å². The van der Waals surface area contributed by atoms with Crippen LogP contribution >= 0.6 is 15.9 Å². The van der Waals surface area contributed by atoms with Gasteiger partial charge in [-0.15, -0.1) is 0 Å². The molecule has 0 unspecified atom stereocenters. The van der Waals surface area contributed by atoms with Crippen molar-refractivity contribution in [3.8, 4) is 28.6 Å². The number of aromatic nitrogens is 2. The van der Waals surface area contributed by atoms with Crippen LogP contribution in [0.15, 0.2) is 45.4 Å². The number of hydrogen-bond acceptors (Lipinski definition) is 4. The van der Waals surface area contributed by atoms with Crippen LogP contribution in [0.3, 0.4) is 0 Å². The fourth-order valence-electron chi connectivity index (χ4n) is 2.01. The highest BCUT2D eigenvalue weighted by Crippen LogP contribution is 2.32. The highest BCUT2D eigenvalue weighted by atomic mass is 79.9. The molecule has 2 aromatic carbocycles. The molecular formula is C15H10BrFN2O2. The maximum atomic E-state index is 13.1. The third kappa shape index (κ3) is 2.67. The molecule has 0 saturated heterocycles. The van der Waals surface area contributed by atoms with Crippen LogP contribution in [0, 0.1) is 12.7 Å². The predicted octanol–water partition coefficient (Wildman–Crippen LogP) is 4.32. The molecule has 0 radical (unpaired) electrons. The van der Waals surface area contributed by atoms with Crippen LogP contribution in [0.4, 0.5) is 4.39 Å². The van der Waals surface area contributed by atoms with E-state index in [1.807, 2.05) is 0 Å². The summed E-state index contributed by atoms with van der Waals surface area (Å²) >= 11 is 3.26. The van der Waals surface area contributed by atoms with Gasteiger partial charge in [0.05, 0.1) is 5.56 Å². The van der Waals surface area contributed by atoms with E-state index in [1.165, 1.54) is 12.1 Å². The van der Waals surface area contributed by atoms with Crippen molar-refractivity contribution in [1.82, 2.24) is 10.1 Å². The number of benzene rings is 2. The molecule has 0 spiro atoms. The molecule has 0 fully saturated rings. The number of phenols is 1. The summed E-state index contributed by atoms with van der Waals surface area (Å²) in [5.74, 6) is 0.282. The second-order valence-electron chi connectivity index (χ2n) is 4.54. The van der Waals surface area contributed by atoms with Crippen molar-refractivity contribution >= 4 is 15.9 Å². The van der Waals surface area contributed by atoms with Crippen LogP contribution in [-0.2, 0) is 0 Å². The Morgan fingerprint density at radius 1 is 1.14 bits per heavy atom. The zero-order valence-electron chi connectivity index (χ0n) is 11.0. The summed E-state index contributed by atoms with van der Waals surface area (Å²) in [6, 6.07) is 9.33. The van der Waals surface area contributed by atoms with Gasteiger partial charge in [-0.1, -0.05) is 21.1 Å². The lowest BCUT2D eigenvalue weighted by molar-refractivity contribution is 0.425.